The Hall–Kier alpha value is -2.57. The molecule has 3 aromatic rings. The summed E-state index contributed by atoms with van der Waals surface area (Å²) in [6.45, 7) is 4.66. The predicted octanol–water partition coefficient (Wildman–Crippen LogP) is 3.57. The second kappa shape index (κ2) is 8.05. The Morgan fingerprint density at radius 1 is 0.966 bits per heavy atom. The zero-order valence-corrected chi connectivity index (χ0v) is 16.5. The quantitative estimate of drug-likeness (QED) is 0.739. The second-order valence-corrected chi connectivity index (χ2v) is 7.89. The summed E-state index contributed by atoms with van der Waals surface area (Å²) >= 11 is 0. The molecule has 0 bridgehead atoms. The van der Waals surface area contributed by atoms with E-state index in [4.69, 9.17) is 0 Å². The van der Waals surface area contributed by atoms with Crippen LogP contribution < -0.4 is 5.32 Å². The number of hydrogen-bond acceptors (Lipinski definition) is 4. The Kier molecular flexibility index (Phi) is 5.12. The first kappa shape index (κ1) is 18.5. The Balaban J connectivity index is 1.45. The molecule has 150 valence electrons. The van der Waals surface area contributed by atoms with Gasteiger partial charge in [0.1, 0.15) is 17.5 Å². The van der Waals surface area contributed by atoms with E-state index in [9.17, 15) is 4.39 Å². The first-order valence-electron chi connectivity index (χ1n) is 10.5. The van der Waals surface area contributed by atoms with Crippen LogP contribution in [-0.2, 0) is 19.5 Å². The highest BCUT2D eigenvalue weighted by Gasteiger charge is 2.31. The van der Waals surface area contributed by atoms with Crippen LogP contribution in [0, 0.1) is 5.82 Å². The standard InChI is InChI=1S/C23H26FN5/c24-20-9-4-3-8-19(20)18-7-2-1-6-17(18)16-28-14-5-10-21(28)23-27-26-22-11-12-25-13-15-29(22)23/h1-4,6-9,21,25H,5,10-16H2/t21-/m1/s1. The van der Waals surface area contributed by atoms with Crippen LogP contribution in [-0.4, -0.2) is 39.3 Å². The lowest BCUT2D eigenvalue weighted by molar-refractivity contribution is 0.234. The van der Waals surface area contributed by atoms with Crippen molar-refractivity contribution in [2.24, 2.45) is 0 Å². The molecule has 1 N–H and O–H groups in total. The molecular formula is C23H26FN5. The minimum atomic E-state index is -0.173. The highest BCUT2D eigenvalue weighted by molar-refractivity contribution is 5.67. The van der Waals surface area contributed by atoms with Gasteiger partial charge in [0.2, 0.25) is 0 Å². The maximum atomic E-state index is 14.5. The van der Waals surface area contributed by atoms with Crippen molar-refractivity contribution in [1.29, 1.82) is 0 Å². The monoisotopic (exact) mass is 391 g/mol. The van der Waals surface area contributed by atoms with Gasteiger partial charge in [0, 0.05) is 38.2 Å². The van der Waals surface area contributed by atoms with Gasteiger partial charge in [-0.15, -0.1) is 10.2 Å². The summed E-state index contributed by atoms with van der Waals surface area (Å²) in [5.41, 5.74) is 2.79. The van der Waals surface area contributed by atoms with E-state index in [0.29, 0.717) is 5.56 Å². The van der Waals surface area contributed by atoms with Gasteiger partial charge in [0.05, 0.1) is 6.04 Å². The zero-order chi connectivity index (χ0) is 19.6. The van der Waals surface area contributed by atoms with Crippen LogP contribution in [0.1, 0.15) is 36.1 Å². The van der Waals surface area contributed by atoms with Crippen LogP contribution in [0.2, 0.25) is 0 Å². The topological polar surface area (TPSA) is 46.0 Å². The summed E-state index contributed by atoms with van der Waals surface area (Å²) in [6.07, 6.45) is 3.16. The van der Waals surface area contributed by atoms with Gasteiger partial charge in [-0.3, -0.25) is 4.90 Å². The van der Waals surface area contributed by atoms with Crippen molar-refractivity contribution in [2.45, 2.75) is 38.4 Å². The smallest absolute Gasteiger partial charge is 0.150 e. The van der Waals surface area contributed by atoms with Crippen LogP contribution in [0.15, 0.2) is 48.5 Å². The van der Waals surface area contributed by atoms with Gasteiger partial charge in [0.25, 0.3) is 0 Å². The third kappa shape index (κ3) is 3.58. The van der Waals surface area contributed by atoms with Gasteiger partial charge in [-0.1, -0.05) is 42.5 Å². The number of halogens is 1. The van der Waals surface area contributed by atoms with Crippen LogP contribution in [0.5, 0.6) is 0 Å². The van der Waals surface area contributed by atoms with Crippen molar-refractivity contribution in [3.05, 3.63) is 71.6 Å². The maximum Gasteiger partial charge on any atom is 0.150 e. The van der Waals surface area contributed by atoms with E-state index in [-0.39, 0.29) is 11.9 Å². The highest BCUT2D eigenvalue weighted by atomic mass is 19.1. The van der Waals surface area contributed by atoms with Crippen molar-refractivity contribution in [2.75, 3.05) is 19.6 Å². The van der Waals surface area contributed by atoms with Gasteiger partial charge in [-0.2, -0.15) is 0 Å². The molecule has 3 heterocycles. The Bertz CT molecular complexity index is 998. The van der Waals surface area contributed by atoms with Crippen molar-refractivity contribution >= 4 is 0 Å². The molecular weight excluding hydrogens is 365 g/mol. The maximum absolute atomic E-state index is 14.5. The van der Waals surface area contributed by atoms with Gasteiger partial charge in [0.15, 0.2) is 0 Å². The van der Waals surface area contributed by atoms with E-state index in [0.717, 1.165) is 74.8 Å². The number of likely N-dealkylation sites (tertiary alicyclic amines) is 1. The number of fused-ring (bicyclic) bond motifs is 1. The largest absolute Gasteiger partial charge is 0.315 e. The Labute approximate surface area is 170 Å². The van der Waals surface area contributed by atoms with Crippen LogP contribution >= 0.6 is 0 Å². The van der Waals surface area contributed by atoms with Gasteiger partial charge in [-0.25, -0.2) is 4.39 Å². The van der Waals surface area contributed by atoms with Gasteiger partial charge >= 0.3 is 0 Å². The summed E-state index contributed by atoms with van der Waals surface area (Å²) in [5, 5.41) is 12.5. The molecule has 5 rings (SSSR count). The number of hydrogen-bond donors (Lipinski definition) is 1. The van der Waals surface area contributed by atoms with Crippen LogP contribution in [0.4, 0.5) is 4.39 Å². The first-order chi connectivity index (χ1) is 14.3. The minimum absolute atomic E-state index is 0.173. The molecule has 2 aromatic carbocycles. The lowest BCUT2D eigenvalue weighted by atomic mass is 9.98. The van der Waals surface area contributed by atoms with E-state index >= 15 is 0 Å². The fraction of sp³-hybridized carbons (Fsp3) is 0.391. The molecule has 0 aliphatic carbocycles. The fourth-order valence-corrected chi connectivity index (χ4v) is 4.67. The number of benzene rings is 2. The van der Waals surface area contributed by atoms with Crippen LogP contribution in [0.3, 0.4) is 0 Å². The minimum Gasteiger partial charge on any atom is -0.315 e. The summed E-state index contributed by atoms with van der Waals surface area (Å²) in [7, 11) is 0. The van der Waals surface area contributed by atoms with E-state index in [2.05, 4.69) is 31.0 Å². The molecule has 1 saturated heterocycles. The summed E-state index contributed by atoms with van der Waals surface area (Å²) in [5.74, 6) is 2.00. The molecule has 29 heavy (non-hydrogen) atoms. The third-order valence-corrected chi connectivity index (χ3v) is 6.11. The van der Waals surface area contributed by atoms with Gasteiger partial charge in [-0.05, 0) is 36.6 Å². The summed E-state index contributed by atoms with van der Waals surface area (Å²) in [6, 6.07) is 15.5. The lowest BCUT2D eigenvalue weighted by Crippen LogP contribution is -2.26. The predicted molar refractivity (Wildman–Crippen MR) is 111 cm³/mol. The molecule has 0 saturated carbocycles. The number of rotatable bonds is 4. The molecule has 0 unspecified atom stereocenters. The van der Waals surface area contributed by atoms with E-state index < -0.39 is 0 Å². The highest BCUT2D eigenvalue weighted by Crippen LogP contribution is 2.35. The van der Waals surface area contributed by atoms with Gasteiger partial charge < -0.3 is 9.88 Å². The lowest BCUT2D eigenvalue weighted by Gasteiger charge is -2.25. The molecule has 2 aliphatic rings. The third-order valence-electron chi connectivity index (χ3n) is 6.11. The fourth-order valence-electron chi connectivity index (χ4n) is 4.67. The molecule has 0 amide bonds. The molecule has 0 radical (unpaired) electrons. The number of nitrogens with one attached hydrogen (secondary N) is 1. The molecule has 1 aromatic heterocycles. The molecule has 0 spiro atoms. The van der Waals surface area contributed by atoms with Crippen molar-refractivity contribution in [1.82, 2.24) is 25.0 Å². The van der Waals surface area contributed by atoms with E-state index in [1.165, 1.54) is 6.07 Å². The Morgan fingerprint density at radius 2 is 1.79 bits per heavy atom. The SMILES string of the molecule is Fc1ccccc1-c1ccccc1CN1CCC[C@@H]1c1nnc2n1CCNCC2. The van der Waals surface area contributed by atoms with Crippen molar-refractivity contribution in [3.8, 4) is 11.1 Å². The van der Waals surface area contributed by atoms with Crippen LogP contribution in [0.25, 0.3) is 11.1 Å². The normalized spacial score (nSPS) is 19.8. The number of aromatic nitrogens is 3. The summed E-state index contributed by atoms with van der Waals surface area (Å²) < 4.78 is 16.8. The molecule has 5 nitrogen and oxygen atoms in total. The van der Waals surface area contributed by atoms with E-state index in [1.807, 2.05) is 30.3 Å². The molecule has 6 heteroatoms. The summed E-state index contributed by atoms with van der Waals surface area (Å²) in [4.78, 5) is 2.48. The molecule has 2 aliphatic heterocycles. The first-order valence-corrected chi connectivity index (χ1v) is 10.5. The van der Waals surface area contributed by atoms with E-state index in [1.54, 1.807) is 6.07 Å². The number of nitrogens with zero attached hydrogens (tertiary/aromatic N) is 4. The van der Waals surface area contributed by atoms with Crippen molar-refractivity contribution < 1.29 is 4.39 Å². The van der Waals surface area contributed by atoms with Crippen molar-refractivity contribution in [3.63, 3.8) is 0 Å². The molecule has 1 atom stereocenters. The average Bonchev–Trinajstić information content (AvgIpc) is 3.28. The second-order valence-electron chi connectivity index (χ2n) is 7.89. The average molecular weight is 391 g/mol. The zero-order valence-electron chi connectivity index (χ0n) is 16.5. The Morgan fingerprint density at radius 3 is 2.69 bits per heavy atom. The molecule has 1 fully saturated rings.